The summed E-state index contributed by atoms with van der Waals surface area (Å²) in [6.07, 6.45) is 4.52. The van der Waals surface area contributed by atoms with Crippen molar-refractivity contribution in [2.24, 2.45) is 5.73 Å². The Morgan fingerprint density at radius 3 is 3.05 bits per heavy atom. The van der Waals surface area contributed by atoms with E-state index in [1.165, 1.54) is 0 Å². The fourth-order valence-corrected chi connectivity index (χ4v) is 3.02. The van der Waals surface area contributed by atoms with Crippen molar-refractivity contribution in [3.63, 3.8) is 0 Å². The molecule has 1 saturated heterocycles. The molecule has 1 aromatic carbocycles. The highest BCUT2D eigenvalue weighted by atomic mass is 16.5. The van der Waals surface area contributed by atoms with Crippen LogP contribution in [0.5, 0.6) is 0 Å². The smallest absolute Gasteiger partial charge is 0.408 e. The predicted octanol–water partition coefficient (Wildman–Crippen LogP) is 2.57. The molecule has 0 bridgehead atoms. The highest BCUT2D eigenvalue weighted by Gasteiger charge is 2.18. The molecule has 1 aliphatic heterocycles. The van der Waals surface area contributed by atoms with Gasteiger partial charge in [0.25, 0.3) is 0 Å². The van der Waals surface area contributed by atoms with Crippen molar-refractivity contribution in [3.8, 4) is 0 Å². The molecule has 0 aliphatic carbocycles. The number of hydrogen-bond acceptors (Lipinski definition) is 4. The van der Waals surface area contributed by atoms with E-state index in [0.29, 0.717) is 18.2 Å². The van der Waals surface area contributed by atoms with Crippen molar-refractivity contribution in [2.45, 2.75) is 51.3 Å². The normalized spacial score (nSPS) is 20.2. The minimum atomic E-state index is -0.308. The molecule has 5 nitrogen and oxygen atoms in total. The first-order valence-corrected chi connectivity index (χ1v) is 7.69. The maximum absolute atomic E-state index is 11.7. The molecule has 2 atom stereocenters. The molecule has 3 rings (SSSR count). The van der Waals surface area contributed by atoms with Gasteiger partial charge in [-0.05, 0) is 50.3 Å². The molecule has 114 valence electrons. The van der Waals surface area contributed by atoms with Crippen molar-refractivity contribution < 1.29 is 9.15 Å². The first kappa shape index (κ1) is 14.4. The van der Waals surface area contributed by atoms with Gasteiger partial charge in [-0.25, -0.2) is 4.79 Å². The third kappa shape index (κ3) is 2.89. The highest BCUT2D eigenvalue weighted by Crippen LogP contribution is 2.24. The van der Waals surface area contributed by atoms with Crippen LogP contribution in [0.4, 0.5) is 0 Å². The van der Waals surface area contributed by atoms with Crippen LogP contribution in [0.1, 0.15) is 44.2 Å². The van der Waals surface area contributed by atoms with E-state index in [1.54, 1.807) is 4.57 Å². The molecule has 2 heterocycles. The van der Waals surface area contributed by atoms with Crippen molar-refractivity contribution >= 4 is 11.1 Å². The minimum absolute atomic E-state index is 0.0473. The number of oxazole rings is 1. The molecule has 2 unspecified atom stereocenters. The molecule has 1 aliphatic rings. The molecule has 0 radical (unpaired) electrons. The lowest BCUT2D eigenvalue weighted by atomic mass is 10.00. The molecule has 2 aromatic rings. The van der Waals surface area contributed by atoms with Gasteiger partial charge in [0, 0.05) is 19.2 Å². The van der Waals surface area contributed by atoms with Crippen molar-refractivity contribution in [2.75, 3.05) is 6.61 Å². The molecular formula is C16H22N2O3. The van der Waals surface area contributed by atoms with Gasteiger partial charge in [-0.1, -0.05) is 6.07 Å². The van der Waals surface area contributed by atoms with E-state index in [0.717, 1.165) is 43.4 Å². The van der Waals surface area contributed by atoms with Gasteiger partial charge in [0.2, 0.25) is 0 Å². The molecule has 0 saturated carbocycles. The van der Waals surface area contributed by atoms with Crippen LogP contribution in [0.2, 0.25) is 0 Å². The molecule has 1 fully saturated rings. The summed E-state index contributed by atoms with van der Waals surface area (Å²) in [5.74, 6) is -0.308. The van der Waals surface area contributed by atoms with E-state index >= 15 is 0 Å². The fraction of sp³-hybridized carbons (Fsp3) is 0.562. The summed E-state index contributed by atoms with van der Waals surface area (Å²) in [5, 5.41) is 0. The van der Waals surface area contributed by atoms with Crippen molar-refractivity contribution in [1.29, 1.82) is 0 Å². The first-order chi connectivity index (χ1) is 10.2. The summed E-state index contributed by atoms with van der Waals surface area (Å²) in [7, 11) is 0. The highest BCUT2D eigenvalue weighted by molar-refractivity contribution is 5.73. The van der Waals surface area contributed by atoms with Crippen LogP contribution in [0.25, 0.3) is 11.1 Å². The minimum Gasteiger partial charge on any atom is -0.408 e. The fourth-order valence-electron chi connectivity index (χ4n) is 3.02. The van der Waals surface area contributed by atoms with Crippen LogP contribution in [0.3, 0.4) is 0 Å². The third-order valence-electron chi connectivity index (χ3n) is 4.26. The number of fused-ring (bicyclic) bond motifs is 1. The molecule has 0 amide bonds. The van der Waals surface area contributed by atoms with E-state index in [9.17, 15) is 4.79 Å². The number of benzene rings is 1. The molecular weight excluding hydrogens is 268 g/mol. The van der Waals surface area contributed by atoms with Gasteiger partial charge in [0.15, 0.2) is 5.58 Å². The van der Waals surface area contributed by atoms with E-state index in [-0.39, 0.29) is 11.8 Å². The van der Waals surface area contributed by atoms with Gasteiger partial charge in [-0.15, -0.1) is 0 Å². The van der Waals surface area contributed by atoms with Gasteiger partial charge in [0.05, 0.1) is 11.6 Å². The zero-order valence-corrected chi connectivity index (χ0v) is 12.4. The Hall–Kier alpha value is -1.59. The number of aryl methyl sites for hydroxylation is 1. The second-order valence-electron chi connectivity index (χ2n) is 5.66. The summed E-state index contributed by atoms with van der Waals surface area (Å²) in [6, 6.07) is 5.76. The van der Waals surface area contributed by atoms with Crippen LogP contribution in [0.15, 0.2) is 27.4 Å². The Bertz CT molecular complexity index is 668. The lowest BCUT2D eigenvalue weighted by Crippen LogP contribution is -2.14. The number of nitrogens with zero attached hydrogens (tertiary/aromatic N) is 1. The van der Waals surface area contributed by atoms with Gasteiger partial charge in [-0.3, -0.25) is 4.57 Å². The molecule has 0 spiro atoms. The third-order valence-corrected chi connectivity index (χ3v) is 4.26. The Kier molecular flexibility index (Phi) is 4.12. The Morgan fingerprint density at radius 2 is 2.33 bits per heavy atom. The van der Waals surface area contributed by atoms with Crippen molar-refractivity contribution in [1.82, 2.24) is 4.57 Å². The van der Waals surface area contributed by atoms with Crippen LogP contribution >= 0.6 is 0 Å². The maximum atomic E-state index is 11.7. The summed E-state index contributed by atoms with van der Waals surface area (Å²) < 4.78 is 12.5. The zero-order chi connectivity index (χ0) is 14.8. The summed E-state index contributed by atoms with van der Waals surface area (Å²) in [4.78, 5) is 11.7. The number of nitrogens with two attached hydrogens (primary N) is 1. The second-order valence-corrected chi connectivity index (χ2v) is 5.66. The van der Waals surface area contributed by atoms with E-state index in [1.807, 2.05) is 25.1 Å². The van der Waals surface area contributed by atoms with Crippen LogP contribution in [-0.4, -0.2) is 17.3 Å². The SMILES string of the molecule is CCn1c(=O)oc2cc(C(N)CCC3CCCO3)ccc21. The average Bonchev–Trinajstić information content (AvgIpc) is 3.10. The number of hydrogen-bond donors (Lipinski definition) is 1. The Balaban J connectivity index is 1.75. The second kappa shape index (κ2) is 6.03. The largest absolute Gasteiger partial charge is 0.419 e. The summed E-state index contributed by atoms with van der Waals surface area (Å²) in [6.45, 7) is 3.41. The number of rotatable bonds is 5. The quantitative estimate of drug-likeness (QED) is 0.918. The van der Waals surface area contributed by atoms with E-state index < -0.39 is 0 Å². The van der Waals surface area contributed by atoms with Gasteiger partial charge < -0.3 is 14.9 Å². The zero-order valence-electron chi connectivity index (χ0n) is 12.4. The molecule has 2 N–H and O–H groups in total. The molecule has 21 heavy (non-hydrogen) atoms. The summed E-state index contributed by atoms with van der Waals surface area (Å²) >= 11 is 0. The standard InChI is InChI=1S/C16H22N2O3/c1-2-18-14-8-5-11(10-15(14)21-16(18)19)13(17)7-6-12-4-3-9-20-12/h5,8,10,12-13H,2-4,6-7,9,17H2,1H3. The Morgan fingerprint density at radius 1 is 1.48 bits per heavy atom. The van der Waals surface area contributed by atoms with E-state index in [2.05, 4.69) is 0 Å². The Labute approximate surface area is 123 Å². The molecule has 5 heteroatoms. The lowest BCUT2D eigenvalue weighted by molar-refractivity contribution is 0.101. The lowest BCUT2D eigenvalue weighted by Gasteiger charge is -2.15. The van der Waals surface area contributed by atoms with Gasteiger partial charge in [0.1, 0.15) is 0 Å². The van der Waals surface area contributed by atoms with Crippen LogP contribution in [0, 0.1) is 0 Å². The van der Waals surface area contributed by atoms with Gasteiger partial charge in [-0.2, -0.15) is 0 Å². The maximum Gasteiger partial charge on any atom is 0.419 e. The molecule has 1 aromatic heterocycles. The van der Waals surface area contributed by atoms with E-state index in [4.69, 9.17) is 14.9 Å². The first-order valence-electron chi connectivity index (χ1n) is 7.69. The topological polar surface area (TPSA) is 70.4 Å². The van der Waals surface area contributed by atoms with Gasteiger partial charge >= 0.3 is 5.76 Å². The van der Waals surface area contributed by atoms with Crippen LogP contribution in [-0.2, 0) is 11.3 Å². The summed E-state index contributed by atoms with van der Waals surface area (Å²) in [5.41, 5.74) is 8.72. The monoisotopic (exact) mass is 290 g/mol. The predicted molar refractivity (Wildman–Crippen MR) is 81.3 cm³/mol. The average molecular weight is 290 g/mol. The van der Waals surface area contributed by atoms with Crippen molar-refractivity contribution in [3.05, 3.63) is 34.3 Å². The number of ether oxygens (including phenoxy) is 1. The number of aromatic nitrogens is 1. The van der Waals surface area contributed by atoms with Crippen LogP contribution < -0.4 is 11.5 Å².